The maximum Gasteiger partial charge on any atom is 0.335 e. The number of hydrogen-bond donors (Lipinski definition) is 3. The summed E-state index contributed by atoms with van der Waals surface area (Å²) in [5.41, 5.74) is 1.37. The van der Waals surface area contributed by atoms with Crippen LogP contribution in [-0.2, 0) is 4.79 Å². The summed E-state index contributed by atoms with van der Waals surface area (Å²) in [7, 11) is 0. The van der Waals surface area contributed by atoms with E-state index in [9.17, 15) is 14.4 Å². The molecule has 1 fully saturated rings. The first kappa shape index (κ1) is 13.4. The predicted octanol–water partition coefficient (Wildman–Crippen LogP) is 1.46. The summed E-state index contributed by atoms with van der Waals surface area (Å²) >= 11 is 1.07. The maximum atomic E-state index is 11.9. The molecule has 0 bridgehead atoms. The van der Waals surface area contributed by atoms with Crippen LogP contribution in [0.4, 0.5) is 10.5 Å². The molecule has 2 rings (SSSR count). The summed E-state index contributed by atoms with van der Waals surface area (Å²) in [5.74, 6) is -0.915. The highest BCUT2D eigenvalue weighted by atomic mass is 32.2. The third kappa shape index (κ3) is 3.05. The van der Waals surface area contributed by atoms with Gasteiger partial charge in [-0.3, -0.25) is 9.59 Å². The first-order valence-corrected chi connectivity index (χ1v) is 6.54. The minimum Gasteiger partial charge on any atom is -0.478 e. The van der Waals surface area contributed by atoms with Gasteiger partial charge in [-0.2, -0.15) is 0 Å². The van der Waals surface area contributed by atoms with E-state index in [1.807, 2.05) is 0 Å². The Labute approximate surface area is 113 Å². The van der Waals surface area contributed by atoms with Gasteiger partial charge in [-0.1, -0.05) is 11.8 Å². The second-order valence-corrected chi connectivity index (χ2v) is 5.11. The topological polar surface area (TPSA) is 95.5 Å². The van der Waals surface area contributed by atoms with E-state index in [4.69, 9.17) is 5.11 Å². The SMILES string of the molecule is Cc1cc(C(=O)O)ccc1NC(=O)C1CSC(=O)N1. The Balaban J connectivity index is 2.09. The van der Waals surface area contributed by atoms with Crippen LogP contribution in [0, 0.1) is 6.92 Å². The monoisotopic (exact) mass is 280 g/mol. The van der Waals surface area contributed by atoms with Gasteiger partial charge in [0.1, 0.15) is 6.04 Å². The lowest BCUT2D eigenvalue weighted by Gasteiger charge is -2.12. The van der Waals surface area contributed by atoms with Crippen LogP contribution in [0.3, 0.4) is 0 Å². The van der Waals surface area contributed by atoms with Gasteiger partial charge in [-0.15, -0.1) is 0 Å². The number of rotatable bonds is 3. The van der Waals surface area contributed by atoms with Crippen molar-refractivity contribution in [3.63, 3.8) is 0 Å². The Morgan fingerprint density at radius 2 is 2.21 bits per heavy atom. The molecule has 0 aliphatic carbocycles. The lowest BCUT2D eigenvalue weighted by atomic mass is 10.1. The average Bonchev–Trinajstić information content (AvgIpc) is 2.78. The first-order valence-electron chi connectivity index (χ1n) is 5.55. The molecule has 19 heavy (non-hydrogen) atoms. The third-order valence-corrected chi connectivity index (χ3v) is 3.60. The molecular weight excluding hydrogens is 268 g/mol. The van der Waals surface area contributed by atoms with Crippen LogP contribution in [0.15, 0.2) is 18.2 Å². The molecule has 1 aliphatic rings. The molecular formula is C12H12N2O4S. The van der Waals surface area contributed by atoms with Gasteiger partial charge < -0.3 is 15.7 Å². The molecule has 0 aromatic heterocycles. The Morgan fingerprint density at radius 3 is 2.74 bits per heavy atom. The Morgan fingerprint density at radius 1 is 1.47 bits per heavy atom. The number of benzene rings is 1. The van der Waals surface area contributed by atoms with Gasteiger partial charge >= 0.3 is 5.97 Å². The van der Waals surface area contributed by atoms with E-state index in [2.05, 4.69) is 10.6 Å². The third-order valence-electron chi connectivity index (χ3n) is 2.72. The van der Waals surface area contributed by atoms with Crippen molar-refractivity contribution in [1.82, 2.24) is 5.32 Å². The fourth-order valence-electron chi connectivity index (χ4n) is 1.68. The van der Waals surface area contributed by atoms with E-state index in [-0.39, 0.29) is 16.7 Å². The normalized spacial score (nSPS) is 17.9. The van der Waals surface area contributed by atoms with Gasteiger partial charge in [0, 0.05) is 11.4 Å². The Hall–Kier alpha value is -2.02. The van der Waals surface area contributed by atoms with Crippen LogP contribution in [-0.4, -0.2) is 34.0 Å². The number of amides is 2. The van der Waals surface area contributed by atoms with Crippen LogP contribution >= 0.6 is 11.8 Å². The maximum absolute atomic E-state index is 11.9. The first-order chi connectivity index (χ1) is 8.97. The molecule has 0 radical (unpaired) electrons. The molecule has 1 aliphatic heterocycles. The highest BCUT2D eigenvalue weighted by Crippen LogP contribution is 2.19. The van der Waals surface area contributed by atoms with Gasteiger partial charge in [0.2, 0.25) is 5.91 Å². The number of thioether (sulfide) groups is 1. The summed E-state index contributed by atoms with van der Waals surface area (Å²) in [6.07, 6.45) is 0. The van der Waals surface area contributed by atoms with Crippen LogP contribution in [0.2, 0.25) is 0 Å². The van der Waals surface area contributed by atoms with Crippen LogP contribution < -0.4 is 10.6 Å². The van der Waals surface area contributed by atoms with Crippen molar-refractivity contribution in [2.24, 2.45) is 0 Å². The highest BCUT2D eigenvalue weighted by Gasteiger charge is 2.28. The number of carbonyl (C=O) groups is 3. The van der Waals surface area contributed by atoms with Crippen molar-refractivity contribution in [2.75, 3.05) is 11.1 Å². The predicted molar refractivity (Wildman–Crippen MR) is 71.5 cm³/mol. The molecule has 1 heterocycles. The second kappa shape index (κ2) is 5.31. The largest absolute Gasteiger partial charge is 0.478 e. The van der Waals surface area contributed by atoms with Crippen LogP contribution in [0.1, 0.15) is 15.9 Å². The summed E-state index contributed by atoms with van der Waals surface area (Å²) in [6, 6.07) is 3.91. The number of carboxylic acids is 1. The van der Waals surface area contributed by atoms with E-state index in [1.165, 1.54) is 12.1 Å². The average molecular weight is 280 g/mol. The molecule has 3 N–H and O–H groups in total. The van der Waals surface area contributed by atoms with E-state index in [0.717, 1.165) is 11.8 Å². The fraction of sp³-hybridized carbons (Fsp3) is 0.250. The molecule has 7 heteroatoms. The van der Waals surface area contributed by atoms with Crippen molar-refractivity contribution >= 4 is 34.6 Å². The van der Waals surface area contributed by atoms with Gasteiger partial charge in [-0.25, -0.2) is 4.79 Å². The van der Waals surface area contributed by atoms with Crippen LogP contribution in [0.25, 0.3) is 0 Å². The summed E-state index contributed by atoms with van der Waals surface area (Å²) in [5, 5.41) is 13.9. The molecule has 1 atom stereocenters. The van der Waals surface area contributed by atoms with E-state index < -0.39 is 12.0 Å². The summed E-state index contributed by atoms with van der Waals surface area (Å²) < 4.78 is 0. The van der Waals surface area contributed by atoms with Gasteiger partial charge in [0.05, 0.1) is 5.56 Å². The van der Waals surface area contributed by atoms with Crippen molar-refractivity contribution in [1.29, 1.82) is 0 Å². The Kier molecular flexibility index (Phi) is 3.75. The number of carbonyl (C=O) groups excluding carboxylic acids is 2. The number of carboxylic acid groups (broad SMARTS) is 1. The quantitative estimate of drug-likeness (QED) is 0.779. The van der Waals surface area contributed by atoms with Gasteiger partial charge in [0.15, 0.2) is 0 Å². The summed E-state index contributed by atoms with van der Waals surface area (Å²) in [6.45, 7) is 1.71. The number of anilines is 1. The number of aromatic carboxylic acids is 1. The number of aryl methyl sites for hydroxylation is 1. The van der Waals surface area contributed by atoms with E-state index in [1.54, 1.807) is 13.0 Å². The zero-order valence-electron chi connectivity index (χ0n) is 10.1. The van der Waals surface area contributed by atoms with Crippen molar-refractivity contribution in [3.8, 4) is 0 Å². The fourth-order valence-corrected chi connectivity index (χ4v) is 2.46. The molecule has 6 nitrogen and oxygen atoms in total. The standard InChI is InChI=1S/C12H12N2O4S/c1-6-4-7(11(16)17)2-3-8(6)13-10(15)9-5-19-12(18)14-9/h2-4,9H,5H2,1H3,(H,13,15)(H,14,18)(H,16,17). The second-order valence-electron chi connectivity index (χ2n) is 4.12. The number of hydrogen-bond acceptors (Lipinski definition) is 4. The lowest BCUT2D eigenvalue weighted by molar-refractivity contribution is -0.117. The molecule has 2 amide bonds. The molecule has 0 saturated carbocycles. The Bertz CT molecular complexity index is 559. The van der Waals surface area contributed by atoms with Gasteiger partial charge in [0.25, 0.3) is 5.24 Å². The zero-order valence-corrected chi connectivity index (χ0v) is 10.9. The molecule has 1 saturated heterocycles. The minimum absolute atomic E-state index is 0.167. The molecule has 1 aromatic rings. The van der Waals surface area contributed by atoms with Crippen molar-refractivity contribution < 1.29 is 19.5 Å². The molecule has 0 spiro atoms. The van der Waals surface area contributed by atoms with E-state index >= 15 is 0 Å². The van der Waals surface area contributed by atoms with Gasteiger partial charge in [-0.05, 0) is 30.7 Å². The smallest absolute Gasteiger partial charge is 0.335 e. The molecule has 1 aromatic carbocycles. The minimum atomic E-state index is -1.01. The number of nitrogens with one attached hydrogen (secondary N) is 2. The molecule has 1 unspecified atom stereocenters. The highest BCUT2D eigenvalue weighted by molar-refractivity contribution is 8.14. The zero-order chi connectivity index (χ0) is 14.0. The van der Waals surface area contributed by atoms with Crippen molar-refractivity contribution in [3.05, 3.63) is 29.3 Å². The van der Waals surface area contributed by atoms with Crippen LogP contribution in [0.5, 0.6) is 0 Å². The van der Waals surface area contributed by atoms with Crippen molar-refractivity contribution in [2.45, 2.75) is 13.0 Å². The van der Waals surface area contributed by atoms with E-state index in [0.29, 0.717) is 17.0 Å². The summed E-state index contributed by atoms with van der Waals surface area (Å²) in [4.78, 5) is 33.7. The lowest BCUT2D eigenvalue weighted by Crippen LogP contribution is -2.38. The molecule has 100 valence electrons.